The van der Waals surface area contributed by atoms with Crippen molar-refractivity contribution in [3.8, 4) is 0 Å². The van der Waals surface area contributed by atoms with Gasteiger partial charge in [-0.25, -0.2) is 14.8 Å². The molecule has 26 heavy (non-hydrogen) atoms. The fourth-order valence-electron chi connectivity index (χ4n) is 3.78. The number of aromatic amines is 2. The van der Waals surface area contributed by atoms with E-state index >= 15 is 0 Å². The number of benzene rings is 1. The third kappa shape index (κ3) is 2.38. The molecule has 8 nitrogen and oxygen atoms in total. The number of nitrogens with one attached hydrogen (secondary N) is 2. The lowest BCUT2D eigenvalue weighted by atomic mass is 10.0. The van der Waals surface area contributed by atoms with Gasteiger partial charge in [-0.1, -0.05) is 12.1 Å². The SMILES string of the molecule is O=c1oc2ccccc2n1CCN1CCc2[nH]cnc2[C@@H]1c1cnc[nH]1. The molecule has 0 amide bonds. The Morgan fingerprint density at radius 1 is 1.19 bits per heavy atom. The average molecular weight is 350 g/mol. The predicted octanol–water partition coefficient (Wildman–Crippen LogP) is 1.69. The van der Waals surface area contributed by atoms with Gasteiger partial charge in [-0.2, -0.15) is 0 Å². The van der Waals surface area contributed by atoms with Crippen LogP contribution in [0.25, 0.3) is 11.1 Å². The van der Waals surface area contributed by atoms with E-state index in [2.05, 4.69) is 24.8 Å². The monoisotopic (exact) mass is 350 g/mol. The molecule has 0 saturated carbocycles. The summed E-state index contributed by atoms with van der Waals surface area (Å²) in [5.74, 6) is -0.318. The number of hydrogen-bond acceptors (Lipinski definition) is 5. The molecule has 0 aliphatic carbocycles. The summed E-state index contributed by atoms with van der Waals surface area (Å²) in [6.07, 6.45) is 6.16. The Hall–Kier alpha value is -3.13. The fraction of sp³-hybridized carbons (Fsp3) is 0.278. The molecule has 3 aromatic heterocycles. The van der Waals surface area contributed by atoms with Gasteiger partial charge in [0.1, 0.15) is 0 Å². The van der Waals surface area contributed by atoms with E-state index in [9.17, 15) is 4.79 Å². The lowest BCUT2D eigenvalue weighted by Crippen LogP contribution is -2.39. The van der Waals surface area contributed by atoms with E-state index < -0.39 is 0 Å². The molecule has 0 spiro atoms. The highest BCUT2D eigenvalue weighted by Crippen LogP contribution is 2.31. The van der Waals surface area contributed by atoms with Crippen molar-refractivity contribution in [3.05, 3.63) is 70.7 Å². The first-order chi connectivity index (χ1) is 12.8. The highest BCUT2D eigenvalue weighted by atomic mass is 16.4. The Kier molecular flexibility index (Phi) is 3.49. The zero-order valence-electron chi connectivity index (χ0n) is 14.1. The molecule has 0 radical (unpaired) electrons. The van der Waals surface area contributed by atoms with Gasteiger partial charge in [0.25, 0.3) is 0 Å². The molecule has 8 heteroatoms. The second-order valence-electron chi connectivity index (χ2n) is 6.45. The number of fused-ring (bicyclic) bond motifs is 2. The molecule has 1 aromatic carbocycles. The molecule has 132 valence electrons. The summed E-state index contributed by atoms with van der Waals surface area (Å²) in [6.45, 7) is 2.14. The Balaban J connectivity index is 1.46. The summed E-state index contributed by atoms with van der Waals surface area (Å²) in [6, 6.07) is 7.51. The Morgan fingerprint density at radius 2 is 2.12 bits per heavy atom. The largest absolute Gasteiger partial charge is 0.419 e. The number of hydrogen-bond donors (Lipinski definition) is 2. The summed E-state index contributed by atoms with van der Waals surface area (Å²) < 4.78 is 7.03. The molecule has 0 unspecified atom stereocenters. The van der Waals surface area contributed by atoms with Crippen LogP contribution in [0.4, 0.5) is 0 Å². The van der Waals surface area contributed by atoms with Gasteiger partial charge in [-0.05, 0) is 12.1 Å². The van der Waals surface area contributed by atoms with Crippen molar-refractivity contribution in [3.63, 3.8) is 0 Å². The third-order valence-electron chi connectivity index (χ3n) is 5.02. The maximum atomic E-state index is 12.2. The first-order valence-electron chi connectivity index (χ1n) is 8.64. The first kappa shape index (κ1) is 15.2. The van der Waals surface area contributed by atoms with E-state index in [1.807, 2.05) is 30.5 Å². The van der Waals surface area contributed by atoms with Crippen LogP contribution in [0.3, 0.4) is 0 Å². The second kappa shape index (κ2) is 5.99. The van der Waals surface area contributed by atoms with Crippen LogP contribution < -0.4 is 5.76 Å². The van der Waals surface area contributed by atoms with Crippen LogP contribution in [-0.4, -0.2) is 42.5 Å². The maximum absolute atomic E-state index is 12.2. The van der Waals surface area contributed by atoms with Crippen LogP contribution >= 0.6 is 0 Å². The molecule has 2 N–H and O–H groups in total. The van der Waals surface area contributed by atoms with E-state index in [1.165, 1.54) is 0 Å². The lowest BCUT2D eigenvalue weighted by Gasteiger charge is -2.34. The van der Waals surface area contributed by atoms with E-state index in [0.29, 0.717) is 18.7 Å². The topological polar surface area (TPSA) is 95.7 Å². The molecular formula is C18H18N6O2. The van der Waals surface area contributed by atoms with Crippen molar-refractivity contribution >= 4 is 11.1 Å². The molecule has 1 aliphatic heterocycles. The number of oxazole rings is 1. The molecule has 5 rings (SSSR count). The van der Waals surface area contributed by atoms with E-state index in [4.69, 9.17) is 4.42 Å². The molecule has 1 aliphatic rings. The number of rotatable bonds is 4. The number of nitrogens with zero attached hydrogens (tertiary/aromatic N) is 4. The first-order valence-corrected chi connectivity index (χ1v) is 8.64. The van der Waals surface area contributed by atoms with E-state index in [-0.39, 0.29) is 11.8 Å². The minimum absolute atomic E-state index is 0.00127. The van der Waals surface area contributed by atoms with Crippen molar-refractivity contribution in [2.45, 2.75) is 19.0 Å². The second-order valence-corrected chi connectivity index (χ2v) is 6.45. The zero-order valence-corrected chi connectivity index (χ0v) is 14.1. The fourth-order valence-corrected chi connectivity index (χ4v) is 3.78. The minimum Gasteiger partial charge on any atom is -0.408 e. The summed E-state index contributed by atoms with van der Waals surface area (Å²) >= 11 is 0. The quantitative estimate of drug-likeness (QED) is 0.584. The molecular weight excluding hydrogens is 332 g/mol. The van der Waals surface area contributed by atoms with Crippen molar-refractivity contribution < 1.29 is 4.42 Å². The van der Waals surface area contributed by atoms with Crippen LogP contribution in [-0.2, 0) is 13.0 Å². The van der Waals surface area contributed by atoms with Gasteiger partial charge in [-0.3, -0.25) is 9.47 Å². The van der Waals surface area contributed by atoms with Crippen molar-refractivity contribution in [2.24, 2.45) is 0 Å². The summed E-state index contributed by atoms with van der Waals surface area (Å²) in [4.78, 5) is 29.7. The Labute approximate surface area is 148 Å². The summed E-state index contributed by atoms with van der Waals surface area (Å²) in [7, 11) is 0. The van der Waals surface area contributed by atoms with Crippen molar-refractivity contribution in [2.75, 3.05) is 13.1 Å². The van der Waals surface area contributed by atoms with Gasteiger partial charge in [0.2, 0.25) is 0 Å². The standard InChI is InChI=1S/C18H18N6O2/c25-18-24(14-3-1-2-4-15(14)26-18)8-7-23-6-5-12-16(22-11-21-12)17(23)13-9-19-10-20-13/h1-4,9-11,17H,5-8H2,(H,19,20)(H,21,22)/t17-/m0/s1. The smallest absolute Gasteiger partial charge is 0.408 e. The van der Waals surface area contributed by atoms with Gasteiger partial charge in [-0.15, -0.1) is 0 Å². The Morgan fingerprint density at radius 3 is 3.00 bits per heavy atom. The normalized spacial score (nSPS) is 17.6. The van der Waals surface area contributed by atoms with Crippen LogP contribution in [0.5, 0.6) is 0 Å². The average Bonchev–Trinajstić information content (AvgIpc) is 3.39. The van der Waals surface area contributed by atoms with E-state index in [1.54, 1.807) is 17.2 Å². The number of para-hydroxylation sites is 2. The summed E-state index contributed by atoms with van der Waals surface area (Å²) in [5, 5.41) is 0. The number of imidazole rings is 2. The molecule has 0 saturated heterocycles. The van der Waals surface area contributed by atoms with Gasteiger partial charge in [0.15, 0.2) is 5.58 Å². The molecule has 0 bridgehead atoms. The number of aromatic nitrogens is 5. The van der Waals surface area contributed by atoms with Crippen LogP contribution in [0.1, 0.15) is 23.1 Å². The van der Waals surface area contributed by atoms with Crippen molar-refractivity contribution in [1.82, 2.24) is 29.4 Å². The summed E-state index contributed by atoms with van der Waals surface area (Å²) in [5.41, 5.74) is 4.63. The highest BCUT2D eigenvalue weighted by molar-refractivity contribution is 5.72. The molecule has 4 heterocycles. The highest BCUT2D eigenvalue weighted by Gasteiger charge is 2.31. The minimum atomic E-state index is -0.318. The van der Waals surface area contributed by atoms with Crippen molar-refractivity contribution in [1.29, 1.82) is 0 Å². The zero-order chi connectivity index (χ0) is 17.5. The van der Waals surface area contributed by atoms with Crippen LogP contribution in [0, 0.1) is 0 Å². The van der Waals surface area contributed by atoms with Gasteiger partial charge in [0, 0.05) is 37.9 Å². The molecule has 0 fully saturated rings. The third-order valence-corrected chi connectivity index (χ3v) is 5.02. The number of H-pyrrole nitrogens is 2. The van der Waals surface area contributed by atoms with Crippen LogP contribution in [0.15, 0.2) is 52.3 Å². The molecule has 4 aromatic rings. The molecule has 1 atom stereocenters. The van der Waals surface area contributed by atoms with Gasteiger partial charge in [0.05, 0.1) is 35.6 Å². The van der Waals surface area contributed by atoms with Crippen LogP contribution in [0.2, 0.25) is 0 Å². The predicted molar refractivity (Wildman–Crippen MR) is 94.8 cm³/mol. The Bertz CT molecular complexity index is 1090. The van der Waals surface area contributed by atoms with E-state index in [0.717, 1.165) is 35.6 Å². The van der Waals surface area contributed by atoms with Gasteiger partial charge >= 0.3 is 5.76 Å². The maximum Gasteiger partial charge on any atom is 0.419 e. The van der Waals surface area contributed by atoms with Gasteiger partial charge < -0.3 is 14.4 Å². The lowest BCUT2D eigenvalue weighted by molar-refractivity contribution is 0.197.